The third kappa shape index (κ3) is 2.22. The molecular weight excluding hydrogens is 304 g/mol. The quantitative estimate of drug-likeness (QED) is 0.623. The smallest absolute Gasteiger partial charge is 0.264 e. The van der Waals surface area contributed by atoms with Gasteiger partial charge >= 0.3 is 0 Å². The van der Waals surface area contributed by atoms with E-state index in [2.05, 4.69) is 10.4 Å². The van der Waals surface area contributed by atoms with Crippen LogP contribution in [0.1, 0.15) is 48.2 Å². The Bertz CT molecular complexity index is 857. The molecule has 2 amide bonds. The van der Waals surface area contributed by atoms with Crippen LogP contribution in [0, 0.1) is 0 Å². The molecule has 24 heavy (non-hydrogen) atoms. The zero-order valence-corrected chi connectivity index (χ0v) is 13.2. The average molecular weight is 322 g/mol. The maximum absolute atomic E-state index is 12.4. The van der Waals surface area contributed by atoms with E-state index in [1.807, 2.05) is 30.3 Å². The van der Waals surface area contributed by atoms with Crippen LogP contribution in [0.5, 0.6) is 0 Å². The Balaban J connectivity index is 1.93. The second-order valence-electron chi connectivity index (χ2n) is 6.18. The van der Waals surface area contributed by atoms with E-state index in [0.29, 0.717) is 16.8 Å². The van der Waals surface area contributed by atoms with Crippen LogP contribution in [-0.4, -0.2) is 21.6 Å². The number of amides is 2. The topological polar surface area (TPSA) is 90.0 Å². The molecule has 2 aromatic rings. The van der Waals surface area contributed by atoms with E-state index in [1.54, 1.807) is 0 Å². The van der Waals surface area contributed by atoms with Gasteiger partial charge in [-0.05, 0) is 37.8 Å². The third-order valence-electron chi connectivity index (χ3n) is 4.65. The first kappa shape index (κ1) is 14.7. The molecule has 0 radical (unpaired) electrons. The molecule has 1 aromatic carbocycles. The van der Waals surface area contributed by atoms with Crippen LogP contribution in [-0.2, 0) is 4.79 Å². The molecule has 1 aromatic heterocycles. The molecule has 6 heteroatoms. The lowest BCUT2D eigenvalue weighted by Crippen LogP contribution is -2.37. The van der Waals surface area contributed by atoms with E-state index in [4.69, 9.17) is 5.73 Å². The number of allylic oxidation sites excluding steroid dienone is 1. The molecule has 1 fully saturated rings. The largest absolute Gasteiger partial charge is 0.383 e. The second-order valence-corrected chi connectivity index (χ2v) is 6.18. The predicted octanol–water partition coefficient (Wildman–Crippen LogP) is 2.44. The summed E-state index contributed by atoms with van der Waals surface area (Å²) >= 11 is 0. The van der Waals surface area contributed by atoms with Gasteiger partial charge < -0.3 is 5.73 Å². The van der Waals surface area contributed by atoms with Crippen LogP contribution in [0.4, 0.5) is 5.82 Å². The highest BCUT2D eigenvalue weighted by Gasteiger charge is 2.35. The van der Waals surface area contributed by atoms with Crippen molar-refractivity contribution < 1.29 is 9.59 Å². The van der Waals surface area contributed by atoms with E-state index in [0.717, 1.165) is 36.9 Å². The Labute approximate surface area is 139 Å². The summed E-state index contributed by atoms with van der Waals surface area (Å²) in [6.07, 6.45) is 5.03. The molecule has 2 aliphatic rings. The lowest BCUT2D eigenvalue weighted by molar-refractivity contribution is -0.114. The number of nitrogen functional groups attached to an aromatic ring is 1. The van der Waals surface area contributed by atoms with Gasteiger partial charge in [-0.25, -0.2) is 4.68 Å². The number of nitrogens with one attached hydrogen (secondary N) is 1. The van der Waals surface area contributed by atoms with Crippen molar-refractivity contribution in [3.63, 3.8) is 0 Å². The molecule has 0 atom stereocenters. The van der Waals surface area contributed by atoms with Crippen LogP contribution in [0.3, 0.4) is 0 Å². The maximum Gasteiger partial charge on any atom is 0.264 e. The van der Waals surface area contributed by atoms with Crippen LogP contribution in [0.2, 0.25) is 0 Å². The van der Waals surface area contributed by atoms with Crippen LogP contribution < -0.4 is 11.1 Å². The monoisotopic (exact) mass is 322 g/mol. The molecule has 4 rings (SSSR count). The molecule has 3 N–H and O–H groups in total. The van der Waals surface area contributed by atoms with Crippen molar-refractivity contribution in [1.82, 2.24) is 15.1 Å². The van der Waals surface area contributed by atoms with Gasteiger partial charge in [0, 0.05) is 0 Å². The van der Waals surface area contributed by atoms with Gasteiger partial charge in [0.25, 0.3) is 11.8 Å². The van der Waals surface area contributed by atoms with Gasteiger partial charge in [-0.1, -0.05) is 30.2 Å². The summed E-state index contributed by atoms with van der Waals surface area (Å²) in [5.41, 5.74) is 9.27. The highest BCUT2D eigenvalue weighted by molar-refractivity contribution is 6.32. The lowest BCUT2D eigenvalue weighted by atomic mass is 9.87. The summed E-state index contributed by atoms with van der Waals surface area (Å²) in [5.74, 6) is -0.577. The summed E-state index contributed by atoms with van der Waals surface area (Å²) in [7, 11) is 0. The van der Waals surface area contributed by atoms with Crippen molar-refractivity contribution >= 4 is 23.2 Å². The van der Waals surface area contributed by atoms with Crippen molar-refractivity contribution in [2.75, 3.05) is 5.73 Å². The van der Waals surface area contributed by atoms with Gasteiger partial charge in [-0.2, -0.15) is 5.10 Å². The van der Waals surface area contributed by atoms with E-state index in [9.17, 15) is 9.59 Å². The molecule has 0 spiro atoms. The summed E-state index contributed by atoms with van der Waals surface area (Å²) in [4.78, 5) is 24.7. The number of aromatic nitrogens is 2. The van der Waals surface area contributed by atoms with E-state index >= 15 is 0 Å². The fourth-order valence-electron chi connectivity index (χ4n) is 3.49. The zero-order chi connectivity index (χ0) is 16.7. The molecule has 2 heterocycles. The minimum atomic E-state index is -0.477. The van der Waals surface area contributed by atoms with Gasteiger partial charge in [-0.15, -0.1) is 0 Å². The Morgan fingerprint density at radius 2 is 1.71 bits per heavy atom. The molecule has 0 unspecified atom stereocenters. The molecular formula is C18H18N4O2. The van der Waals surface area contributed by atoms with Crippen molar-refractivity contribution in [3.8, 4) is 5.69 Å². The lowest BCUT2D eigenvalue weighted by Gasteiger charge is -2.21. The number of para-hydroxylation sites is 1. The Kier molecular flexibility index (Phi) is 3.45. The van der Waals surface area contributed by atoms with Crippen LogP contribution in [0.15, 0.2) is 35.9 Å². The van der Waals surface area contributed by atoms with E-state index < -0.39 is 5.91 Å². The van der Waals surface area contributed by atoms with Gasteiger partial charge in [0.15, 0.2) is 0 Å². The first-order valence-electron chi connectivity index (χ1n) is 8.19. The fourth-order valence-corrected chi connectivity index (χ4v) is 3.49. The van der Waals surface area contributed by atoms with Crippen molar-refractivity contribution in [3.05, 3.63) is 47.2 Å². The Morgan fingerprint density at radius 3 is 2.42 bits per heavy atom. The molecule has 6 nitrogen and oxygen atoms in total. The number of hydrogen-bond donors (Lipinski definition) is 2. The van der Waals surface area contributed by atoms with E-state index in [-0.39, 0.29) is 11.7 Å². The molecule has 0 bridgehead atoms. The van der Waals surface area contributed by atoms with Crippen molar-refractivity contribution in [2.45, 2.75) is 32.1 Å². The minimum Gasteiger partial charge on any atom is -0.383 e. The molecule has 1 saturated carbocycles. The number of imide groups is 1. The summed E-state index contributed by atoms with van der Waals surface area (Å²) < 4.78 is 1.53. The predicted molar refractivity (Wildman–Crippen MR) is 90.5 cm³/mol. The standard InChI is InChI=1S/C18H18N4O2/c19-16-14-15(21-22(16)12-9-5-2-6-10-12)13(17(23)20-18(14)24)11-7-3-1-4-8-11/h2,5-6,9-10H,1,3-4,7-8,19H2,(H,20,23,24). The summed E-state index contributed by atoms with van der Waals surface area (Å²) in [6, 6.07) is 9.38. The Hall–Kier alpha value is -2.89. The number of fused-ring (bicyclic) bond motifs is 1. The summed E-state index contributed by atoms with van der Waals surface area (Å²) in [6.45, 7) is 0. The first-order chi connectivity index (χ1) is 11.7. The Morgan fingerprint density at radius 1 is 1.00 bits per heavy atom. The molecule has 1 aliphatic carbocycles. The minimum absolute atomic E-state index is 0.259. The van der Waals surface area contributed by atoms with Gasteiger partial charge in [0.05, 0.1) is 11.3 Å². The van der Waals surface area contributed by atoms with Crippen molar-refractivity contribution in [1.29, 1.82) is 0 Å². The van der Waals surface area contributed by atoms with Crippen LogP contribution >= 0.6 is 0 Å². The number of carbonyl (C=O) groups excluding carboxylic acids is 2. The first-order valence-corrected chi connectivity index (χ1v) is 8.19. The SMILES string of the molecule is Nc1c2c(nn1-c1ccccc1)C(=C1CCCCC1)C(=O)NC2=O. The number of rotatable bonds is 1. The number of anilines is 1. The second kappa shape index (κ2) is 5.63. The normalized spacial score (nSPS) is 17.7. The number of nitrogens with two attached hydrogens (primary N) is 1. The summed E-state index contributed by atoms with van der Waals surface area (Å²) in [5, 5.41) is 6.95. The maximum atomic E-state index is 12.4. The molecule has 0 saturated heterocycles. The van der Waals surface area contributed by atoms with Gasteiger partial charge in [-0.3, -0.25) is 14.9 Å². The average Bonchev–Trinajstić information content (AvgIpc) is 2.94. The van der Waals surface area contributed by atoms with Crippen molar-refractivity contribution in [2.24, 2.45) is 0 Å². The highest BCUT2D eigenvalue weighted by Crippen LogP contribution is 2.36. The van der Waals surface area contributed by atoms with Crippen LogP contribution in [0.25, 0.3) is 11.3 Å². The third-order valence-corrected chi connectivity index (χ3v) is 4.65. The number of benzene rings is 1. The number of carbonyl (C=O) groups is 2. The highest BCUT2D eigenvalue weighted by atomic mass is 16.2. The fraction of sp³-hybridized carbons (Fsp3) is 0.278. The molecule has 1 aliphatic heterocycles. The van der Waals surface area contributed by atoms with E-state index in [1.165, 1.54) is 11.1 Å². The van der Waals surface area contributed by atoms with Gasteiger partial charge in [0.1, 0.15) is 17.1 Å². The molecule has 122 valence electrons. The number of hydrogen-bond acceptors (Lipinski definition) is 4. The van der Waals surface area contributed by atoms with Gasteiger partial charge in [0.2, 0.25) is 0 Å². The number of nitrogens with zero attached hydrogens (tertiary/aromatic N) is 2. The zero-order valence-electron chi connectivity index (χ0n) is 13.2.